The number of benzene rings is 1. The Bertz CT molecular complexity index is 1600. The minimum atomic E-state index is -4.68. The second-order valence-electron chi connectivity index (χ2n) is 11.6. The summed E-state index contributed by atoms with van der Waals surface area (Å²) in [6, 6.07) is 7.22. The first kappa shape index (κ1) is 27.9. The predicted octanol–water partition coefficient (Wildman–Crippen LogP) is 6.24. The molecular formula is C29H26F5N3O6. The van der Waals surface area contributed by atoms with E-state index >= 15 is 0 Å². The Morgan fingerprint density at radius 1 is 1.12 bits per heavy atom. The van der Waals surface area contributed by atoms with Crippen molar-refractivity contribution >= 4 is 5.97 Å². The highest BCUT2D eigenvalue weighted by atomic mass is 19.4. The first-order chi connectivity index (χ1) is 20.3. The van der Waals surface area contributed by atoms with Crippen LogP contribution in [0, 0.1) is 5.41 Å². The highest BCUT2D eigenvalue weighted by Crippen LogP contribution is 2.70. The smallest absolute Gasteiger partial charge is 0.470 e. The second kappa shape index (κ2) is 9.28. The maximum Gasteiger partial charge on any atom is 0.586 e. The average Bonchev–Trinajstić information content (AvgIpc) is 3.46. The fourth-order valence-electron chi connectivity index (χ4n) is 6.80. The van der Waals surface area contributed by atoms with Crippen molar-refractivity contribution in [2.45, 2.75) is 75.7 Å². The van der Waals surface area contributed by atoms with Gasteiger partial charge in [-0.2, -0.15) is 18.3 Å². The summed E-state index contributed by atoms with van der Waals surface area (Å²) in [5.41, 5.74) is -0.925. The molecule has 0 N–H and O–H groups in total. The van der Waals surface area contributed by atoms with Crippen LogP contribution in [-0.4, -0.2) is 39.7 Å². The van der Waals surface area contributed by atoms with Crippen LogP contribution in [0.15, 0.2) is 36.5 Å². The average molecular weight is 608 g/mol. The Balaban J connectivity index is 1.17. The summed E-state index contributed by atoms with van der Waals surface area (Å²) in [4.78, 5) is 16.3. The van der Waals surface area contributed by atoms with Crippen LogP contribution in [0.2, 0.25) is 0 Å². The highest BCUT2D eigenvalue weighted by molar-refractivity contribution is 5.81. The van der Waals surface area contributed by atoms with E-state index in [-0.39, 0.29) is 41.0 Å². The molecule has 3 heterocycles. The molecule has 228 valence electrons. The number of aromatic nitrogens is 3. The van der Waals surface area contributed by atoms with Gasteiger partial charge in [0.1, 0.15) is 12.2 Å². The summed E-state index contributed by atoms with van der Waals surface area (Å²) in [5.74, 6) is -0.460. The highest BCUT2D eigenvalue weighted by Gasteiger charge is 2.74. The molecule has 0 saturated heterocycles. The molecule has 8 rings (SSSR count). The molecule has 1 aliphatic heterocycles. The van der Waals surface area contributed by atoms with Crippen LogP contribution < -0.4 is 14.2 Å². The zero-order valence-corrected chi connectivity index (χ0v) is 23.0. The van der Waals surface area contributed by atoms with E-state index in [1.165, 1.54) is 48.3 Å². The van der Waals surface area contributed by atoms with Gasteiger partial charge in [-0.3, -0.25) is 4.79 Å². The van der Waals surface area contributed by atoms with E-state index in [2.05, 4.69) is 19.6 Å². The molecule has 3 saturated carbocycles. The third kappa shape index (κ3) is 4.57. The van der Waals surface area contributed by atoms with Crippen LogP contribution in [0.1, 0.15) is 73.8 Å². The van der Waals surface area contributed by atoms with E-state index in [0.717, 1.165) is 0 Å². The van der Waals surface area contributed by atoms with Crippen molar-refractivity contribution in [3.8, 4) is 23.1 Å². The number of carbonyl (C=O) groups excluding carboxylic acids is 1. The lowest BCUT2D eigenvalue weighted by Gasteiger charge is -2.68. The molecule has 2 atom stereocenters. The fraction of sp³-hybridized carbons (Fsp3) is 0.483. The third-order valence-electron chi connectivity index (χ3n) is 8.64. The van der Waals surface area contributed by atoms with Gasteiger partial charge in [0.2, 0.25) is 5.88 Å². The zero-order chi connectivity index (χ0) is 30.4. The second-order valence-corrected chi connectivity index (χ2v) is 11.6. The molecule has 0 spiro atoms. The van der Waals surface area contributed by atoms with Gasteiger partial charge in [0.25, 0.3) is 0 Å². The Hall–Kier alpha value is -3.94. The van der Waals surface area contributed by atoms with Crippen molar-refractivity contribution < 1.29 is 50.4 Å². The van der Waals surface area contributed by atoms with E-state index in [9.17, 15) is 26.7 Å². The van der Waals surface area contributed by atoms with E-state index in [1.54, 1.807) is 6.92 Å². The molecule has 5 aliphatic rings. The standard InChI is InChI=1S/C29H26F5N3O6/c1-15(16-6-7-19-21(10-16)43-29(33,34)42-19)40-22-11-17(8-9-35-22)37-23-18(24(36-37)28(30,31)32)4-3-5-20(23)41-27-12-26(13-27,14-27)25(38)39-2/h6-11,15,20H,3-5,12-14H2,1-2H3/t15-,20?,26?,27?/m1/s1. The van der Waals surface area contributed by atoms with E-state index in [0.29, 0.717) is 43.4 Å². The number of hydrogen-bond acceptors (Lipinski definition) is 8. The summed E-state index contributed by atoms with van der Waals surface area (Å²) in [7, 11) is 1.34. The lowest BCUT2D eigenvalue weighted by atomic mass is 9.41. The Kier molecular flexibility index (Phi) is 6.01. The van der Waals surface area contributed by atoms with Gasteiger partial charge >= 0.3 is 18.4 Å². The lowest BCUT2D eigenvalue weighted by molar-refractivity contribution is -0.301. The number of alkyl halides is 5. The number of nitrogens with zero attached hydrogens (tertiary/aromatic N) is 3. The van der Waals surface area contributed by atoms with Gasteiger partial charge in [0.05, 0.1) is 29.5 Å². The first-order valence-corrected chi connectivity index (χ1v) is 13.8. The molecule has 2 aromatic heterocycles. The largest absolute Gasteiger partial charge is 0.586 e. The quantitative estimate of drug-likeness (QED) is 0.230. The van der Waals surface area contributed by atoms with Crippen molar-refractivity contribution in [3.05, 3.63) is 59.0 Å². The normalized spacial score (nSPS) is 27.0. The number of pyridine rings is 1. The van der Waals surface area contributed by atoms with Gasteiger partial charge in [0.15, 0.2) is 17.2 Å². The Morgan fingerprint density at radius 2 is 1.86 bits per heavy atom. The summed E-state index contributed by atoms with van der Waals surface area (Å²) >= 11 is 0. The van der Waals surface area contributed by atoms with Crippen LogP contribution in [0.4, 0.5) is 22.0 Å². The van der Waals surface area contributed by atoms with Crippen LogP contribution in [0.3, 0.4) is 0 Å². The Labute approximate surface area is 241 Å². The van der Waals surface area contributed by atoms with Gasteiger partial charge in [-0.1, -0.05) is 6.07 Å². The molecule has 43 heavy (non-hydrogen) atoms. The minimum absolute atomic E-state index is 0.0820. The number of hydrogen-bond donors (Lipinski definition) is 0. The van der Waals surface area contributed by atoms with Crippen molar-refractivity contribution in [1.29, 1.82) is 0 Å². The maximum atomic E-state index is 14.1. The fourth-order valence-corrected chi connectivity index (χ4v) is 6.80. The van der Waals surface area contributed by atoms with E-state index < -0.39 is 41.4 Å². The van der Waals surface area contributed by atoms with Gasteiger partial charge in [-0.05, 0) is 69.2 Å². The monoisotopic (exact) mass is 607 g/mol. The molecule has 3 aromatic rings. The summed E-state index contributed by atoms with van der Waals surface area (Å²) in [6.07, 6.45) is -5.80. The molecule has 3 fully saturated rings. The molecular weight excluding hydrogens is 581 g/mol. The molecule has 0 amide bonds. The van der Waals surface area contributed by atoms with Crippen LogP contribution in [-0.2, 0) is 26.9 Å². The molecule has 9 nitrogen and oxygen atoms in total. The van der Waals surface area contributed by atoms with Crippen molar-refractivity contribution in [2.24, 2.45) is 5.41 Å². The summed E-state index contributed by atoms with van der Waals surface area (Å²) in [5, 5.41) is 4.01. The topological polar surface area (TPSA) is 93.9 Å². The first-order valence-electron chi connectivity index (χ1n) is 13.8. The van der Waals surface area contributed by atoms with Crippen LogP contribution in [0.25, 0.3) is 5.69 Å². The van der Waals surface area contributed by atoms with Crippen LogP contribution >= 0.6 is 0 Å². The molecule has 1 unspecified atom stereocenters. The number of ether oxygens (including phenoxy) is 5. The molecule has 0 radical (unpaired) electrons. The minimum Gasteiger partial charge on any atom is -0.470 e. The number of halogens is 5. The van der Waals surface area contributed by atoms with Crippen LogP contribution in [0.5, 0.6) is 17.4 Å². The number of methoxy groups -OCH3 is 1. The molecule has 4 aliphatic carbocycles. The molecule has 14 heteroatoms. The number of esters is 1. The summed E-state index contributed by atoms with van der Waals surface area (Å²) < 4.78 is 96.8. The maximum absolute atomic E-state index is 14.1. The SMILES string of the molecule is COC(=O)C12CC(OC3CCCc4c(C(F)(F)F)nn(-c5ccnc(O[C@H](C)c6ccc7c(c6)OC(F)(F)O7)c5)c43)(C1)C2. The third-order valence-corrected chi connectivity index (χ3v) is 8.64. The zero-order valence-electron chi connectivity index (χ0n) is 23.0. The number of carbonyl (C=O) groups is 1. The lowest BCUT2D eigenvalue weighted by Crippen LogP contribution is -2.71. The van der Waals surface area contributed by atoms with Crippen molar-refractivity contribution in [3.63, 3.8) is 0 Å². The predicted molar refractivity (Wildman–Crippen MR) is 136 cm³/mol. The van der Waals surface area contributed by atoms with Crippen molar-refractivity contribution in [2.75, 3.05) is 7.11 Å². The summed E-state index contributed by atoms with van der Waals surface area (Å²) in [6.45, 7) is 1.66. The van der Waals surface area contributed by atoms with E-state index in [4.69, 9.17) is 14.2 Å². The molecule has 1 aromatic carbocycles. The Morgan fingerprint density at radius 3 is 2.58 bits per heavy atom. The van der Waals surface area contributed by atoms with Gasteiger partial charge in [0, 0.05) is 17.8 Å². The van der Waals surface area contributed by atoms with E-state index in [1.807, 2.05) is 0 Å². The molecule has 2 bridgehead atoms. The van der Waals surface area contributed by atoms with Crippen molar-refractivity contribution in [1.82, 2.24) is 14.8 Å². The van der Waals surface area contributed by atoms with Gasteiger partial charge < -0.3 is 23.7 Å². The van der Waals surface area contributed by atoms with Gasteiger partial charge in [-0.25, -0.2) is 9.67 Å². The van der Waals surface area contributed by atoms with Gasteiger partial charge in [-0.15, -0.1) is 8.78 Å². The number of rotatable bonds is 7. The number of fused-ring (bicyclic) bond motifs is 2.